The van der Waals surface area contributed by atoms with Crippen molar-refractivity contribution >= 4 is 23.4 Å². The monoisotopic (exact) mass is 305 g/mol. The summed E-state index contributed by atoms with van der Waals surface area (Å²) in [6, 6.07) is 7.03. The Bertz CT molecular complexity index is 562. The number of nitrogens with two attached hydrogens (primary N) is 1. The summed E-state index contributed by atoms with van der Waals surface area (Å²) in [5.41, 5.74) is 6.29. The quantitative estimate of drug-likeness (QED) is 0.837. The number of hydrogen-bond acceptors (Lipinski definition) is 4. The molecule has 0 heterocycles. The van der Waals surface area contributed by atoms with Gasteiger partial charge in [0.25, 0.3) is 0 Å². The summed E-state index contributed by atoms with van der Waals surface area (Å²) in [5.74, 6) is -0.261. The van der Waals surface area contributed by atoms with Gasteiger partial charge in [-0.2, -0.15) is 0 Å². The Morgan fingerprint density at radius 3 is 2.59 bits per heavy atom. The number of carbonyl (C=O) groups is 2. The smallest absolute Gasteiger partial charge is 0.411 e. The van der Waals surface area contributed by atoms with Gasteiger partial charge < -0.3 is 15.8 Å². The van der Waals surface area contributed by atoms with E-state index in [1.165, 1.54) is 4.90 Å². The van der Waals surface area contributed by atoms with Crippen LogP contribution in [-0.4, -0.2) is 35.1 Å². The highest BCUT2D eigenvalue weighted by Gasteiger charge is 2.36. The molecule has 1 saturated carbocycles. The van der Waals surface area contributed by atoms with Crippen molar-refractivity contribution in [2.75, 3.05) is 17.6 Å². The van der Waals surface area contributed by atoms with Crippen LogP contribution in [0.25, 0.3) is 0 Å². The molecule has 1 aliphatic rings. The Labute approximate surface area is 130 Å². The normalized spacial score (nSPS) is 14.3. The minimum Gasteiger partial charge on any atom is -0.444 e. The molecule has 1 aromatic rings. The van der Waals surface area contributed by atoms with Crippen LogP contribution in [0.4, 0.5) is 16.2 Å². The summed E-state index contributed by atoms with van der Waals surface area (Å²) in [6.07, 6.45) is 1.37. The maximum Gasteiger partial charge on any atom is 0.411 e. The Kier molecular flexibility index (Phi) is 4.59. The third-order valence-corrected chi connectivity index (χ3v) is 3.10. The first kappa shape index (κ1) is 16.1. The lowest BCUT2D eigenvalue weighted by atomic mass is 10.2. The fourth-order valence-electron chi connectivity index (χ4n) is 2.02. The summed E-state index contributed by atoms with van der Waals surface area (Å²) in [4.78, 5) is 25.8. The van der Waals surface area contributed by atoms with E-state index in [2.05, 4.69) is 5.32 Å². The number of hydrogen-bond donors (Lipinski definition) is 2. The van der Waals surface area contributed by atoms with Crippen LogP contribution in [0.1, 0.15) is 33.6 Å². The fourth-order valence-corrected chi connectivity index (χ4v) is 2.02. The molecule has 6 nitrogen and oxygen atoms in total. The zero-order valence-electron chi connectivity index (χ0n) is 13.3. The van der Waals surface area contributed by atoms with Gasteiger partial charge in [-0.1, -0.05) is 6.07 Å². The van der Waals surface area contributed by atoms with E-state index in [4.69, 9.17) is 10.5 Å². The van der Waals surface area contributed by atoms with E-state index in [0.717, 1.165) is 12.8 Å². The van der Waals surface area contributed by atoms with Crippen LogP contribution in [-0.2, 0) is 9.53 Å². The van der Waals surface area contributed by atoms with Gasteiger partial charge in [0, 0.05) is 17.4 Å². The Morgan fingerprint density at radius 2 is 2.05 bits per heavy atom. The highest BCUT2D eigenvalue weighted by atomic mass is 16.6. The Balaban J connectivity index is 1.96. The molecule has 1 aromatic carbocycles. The second kappa shape index (κ2) is 6.25. The number of nitrogens with one attached hydrogen (secondary N) is 1. The van der Waals surface area contributed by atoms with Gasteiger partial charge in [-0.05, 0) is 51.8 Å². The minimum absolute atomic E-state index is 0.0195. The van der Waals surface area contributed by atoms with Crippen LogP contribution in [0, 0.1) is 0 Å². The third-order valence-electron chi connectivity index (χ3n) is 3.10. The lowest BCUT2D eigenvalue weighted by Crippen LogP contribution is -2.42. The van der Waals surface area contributed by atoms with Crippen molar-refractivity contribution < 1.29 is 14.3 Å². The lowest BCUT2D eigenvalue weighted by molar-refractivity contribution is -0.117. The number of nitrogens with zero attached hydrogens (tertiary/aromatic N) is 1. The van der Waals surface area contributed by atoms with Gasteiger partial charge in [0.15, 0.2) is 0 Å². The van der Waals surface area contributed by atoms with Gasteiger partial charge >= 0.3 is 6.09 Å². The summed E-state index contributed by atoms with van der Waals surface area (Å²) < 4.78 is 5.36. The zero-order valence-corrected chi connectivity index (χ0v) is 13.3. The van der Waals surface area contributed by atoms with Crippen LogP contribution in [0.15, 0.2) is 24.3 Å². The van der Waals surface area contributed by atoms with Crippen LogP contribution < -0.4 is 11.1 Å². The van der Waals surface area contributed by atoms with E-state index in [1.54, 1.807) is 24.3 Å². The van der Waals surface area contributed by atoms with Crippen LogP contribution in [0.3, 0.4) is 0 Å². The topological polar surface area (TPSA) is 84.7 Å². The number of anilines is 2. The summed E-state index contributed by atoms with van der Waals surface area (Å²) in [7, 11) is 0. The number of carbonyl (C=O) groups excluding carboxylic acids is 2. The average molecular weight is 305 g/mol. The summed E-state index contributed by atoms with van der Waals surface area (Å²) in [6.45, 7) is 5.41. The van der Waals surface area contributed by atoms with Crippen LogP contribution in [0.5, 0.6) is 0 Å². The van der Waals surface area contributed by atoms with E-state index in [1.807, 2.05) is 20.8 Å². The van der Waals surface area contributed by atoms with Crippen molar-refractivity contribution in [2.45, 2.75) is 45.3 Å². The summed E-state index contributed by atoms with van der Waals surface area (Å²) >= 11 is 0. The molecule has 0 aliphatic heterocycles. The van der Waals surface area contributed by atoms with Crippen molar-refractivity contribution in [1.29, 1.82) is 0 Å². The molecule has 1 fully saturated rings. The molecule has 2 rings (SSSR count). The molecule has 22 heavy (non-hydrogen) atoms. The lowest BCUT2D eigenvalue weighted by Gasteiger charge is -2.27. The predicted molar refractivity (Wildman–Crippen MR) is 85.4 cm³/mol. The third kappa shape index (κ3) is 4.95. The van der Waals surface area contributed by atoms with E-state index in [0.29, 0.717) is 11.4 Å². The largest absolute Gasteiger partial charge is 0.444 e. The first-order valence-corrected chi connectivity index (χ1v) is 7.39. The standard InChI is InChI=1S/C16H23N3O3/c1-16(2,3)22-15(21)19(13-7-8-13)10-14(20)18-12-6-4-5-11(17)9-12/h4-6,9,13H,7-8,10,17H2,1-3H3,(H,18,20). The predicted octanol–water partition coefficient (Wildman–Crippen LogP) is 2.61. The van der Waals surface area contributed by atoms with Crippen molar-refractivity contribution in [2.24, 2.45) is 0 Å². The molecule has 6 heteroatoms. The maximum atomic E-state index is 12.2. The summed E-state index contributed by atoms with van der Waals surface area (Å²) in [5, 5.41) is 2.75. The number of nitrogen functional groups attached to an aromatic ring is 1. The van der Waals surface area contributed by atoms with E-state index in [-0.39, 0.29) is 18.5 Å². The van der Waals surface area contributed by atoms with E-state index in [9.17, 15) is 9.59 Å². The number of ether oxygens (including phenoxy) is 1. The molecule has 0 aromatic heterocycles. The number of rotatable bonds is 4. The molecule has 0 radical (unpaired) electrons. The van der Waals surface area contributed by atoms with Gasteiger partial charge in [-0.25, -0.2) is 4.79 Å². The molecule has 1 aliphatic carbocycles. The molecule has 0 saturated heterocycles. The molecular formula is C16H23N3O3. The molecule has 2 amide bonds. The van der Waals surface area contributed by atoms with Crippen molar-refractivity contribution in [3.63, 3.8) is 0 Å². The maximum absolute atomic E-state index is 12.2. The minimum atomic E-state index is -0.575. The Hall–Kier alpha value is -2.24. The highest BCUT2D eigenvalue weighted by Crippen LogP contribution is 2.28. The second-order valence-electron chi connectivity index (χ2n) is 6.51. The first-order valence-electron chi connectivity index (χ1n) is 7.39. The van der Waals surface area contributed by atoms with Gasteiger partial charge in [-0.3, -0.25) is 9.69 Å². The van der Waals surface area contributed by atoms with Gasteiger partial charge in [0.2, 0.25) is 5.91 Å². The second-order valence-corrected chi connectivity index (χ2v) is 6.51. The Morgan fingerprint density at radius 1 is 1.36 bits per heavy atom. The average Bonchev–Trinajstić information content (AvgIpc) is 3.17. The fraction of sp³-hybridized carbons (Fsp3) is 0.500. The molecule has 0 unspecified atom stereocenters. The molecule has 0 bridgehead atoms. The van der Waals surface area contributed by atoms with Gasteiger partial charge in [0.05, 0.1) is 0 Å². The van der Waals surface area contributed by atoms with Crippen molar-refractivity contribution in [1.82, 2.24) is 4.90 Å². The molecule has 0 atom stereocenters. The van der Waals surface area contributed by atoms with Crippen LogP contribution in [0.2, 0.25) is 0 Å². The SMILES string of the molecule is CC(C)(C)OC(=O)N(CC(=O)Nc1cccc(N)c1)C1CC1. The van der Waals surface area contributed by atoms with Gasteiger partial charge in [0.1, 0.15) is 12.1 Å². The molecular weight excluding hydrogens is 282 g/mol. The highest BCUT2D eigenvalue weighted by molar-refractivity contribution is 5.94. The van der Waals surface area contributed by atoms with Gasteiger partial charge in [-0.15, -0.1) is 0 Å². The van der Waals surface area contributed by atoms with Crippen molar-refractivity contribution in [3.05, 3.63) is 24.3 Å². The molecule has 120 valence electrons. The first-order chi connectivity index (χ1) is 10.2. The molecule has 3 N–H and O–H groups in total. The van der Waals surface area contributed by atoms with Crippen LogP contribution >= 0.6 is 0 Å². The van der Waals surface area contributed by atoms with Crippen molar-refractivity contribution in [3.8, 4) is 0 Å². The molecule has 0 spiro atoms. The zero-order chi connectivity index (χ0) is 16.3. The van der Waals surface area contributed by atoms with E-state index < -0.39 is 11.7 Å². The number of amides is 2. The van der Waals surface area contributed by atoms with E-state index >= 15 is 0 Å². The number of benzene rings is 1.